The van der Waals surface area contributed by atoms with Crippen LogP contribution in [0, 0.1) is 29.6 Å². The molecule has 1 aromatic carbocycles. The number of ether oxygens (including phenoxy) is 1. The van der Waals surface area contributed by atoms with Crippen molar-refractivity contribution in [2.75, 3.05) is 7.05 Å². The topological polar surface area (TPSA) is 284 Å². The number of rotatable bonds is 17. The van der Waals surface area contributed by atoms with Crippen LogP contribution in [0.3, 0.4) is 0 Å². The van der Waals surface area contributed by atoms with Crippen molar-refractivity contribution in [1.29, 1.82) is 0 Å². The molecule has 4 unspecified atom stereocenters. The second-order valence-electron chi connectivity index (χ2n) is 18.9. The molecule has 2 bridgehead atoms. The molecule has 2 aliphatic rings. The van der Waals surface area contributed by atoms with Gasteiger partial charge in [0.2, 0.25) is 41.4 Å². The Labute approximate surface area is 394 Å². The predicted molar refractivity (Wildman–Crippen MR) is 247 cm³/mol. The molecular formula is C48H75N7O12. The van der Waals surface area contributed by atoms with Gasteiger partial charge >= 0.3 is 5.97 Å². The Kier molecular flexibility index (Phi) is 21.2. The van der Waals surface area contributed by atoms with Crippen LogP contribution < -0.4 is 27.0 Å². The number of amides is 7. The molecule has 2 saturated heterocycles. The third kappa shape index (κ3) is 15.2. The third-order valence-corrected chi connectivity index (χ3v) is 13.3. The molecule has 0 aliphatic carbocycles. The number of nitrogens with zero attached hydrogens (tertiary/aromatic N) is 2. The zero-order chi connectivity index (χ0) is 50.4. The van der Waals surface area contributed by atoms with Crippen molar-refractivity contribution in [3.05, 3.63) is 29.8 Å². The maximum Gasteiger partial charge on any atom is 0.329 e. The Morgan fingerprint density at radius 1 is 0.851 bits per heavy atom. The lowest BCUT2D eigenvalue weighted by atomic mass is 9.90. The van der Waals surface area contributed by atoms with Crippen molar-refractivity contribution in [2.45, 2.75) is 175 Å². The molecule has 2 fully saturated rings. The van der Waals surface area contributed by atoms with Gasteiger partial charge in [-0.15, -0.1) is 0 Å². The molecule has 67 heavy (non-hydrogen) atoms. The van der Waals surface area contributed by atoms with Crippen LogP contribution in [0.15, 0.2) is 24.3 Å². The average Bonchev–Trinajstić information content (AvgIpc) is 3.28. The lowest BCUT2D eigenvalue weighted by molar-refractivity contribution is -0.168. The maximum absolute atomic E-state index is 14.9. The van der Waals surface area contributed by atoms with E-state index in [0.29, 0.717) is 24.8 Å². The summed E-state index contributed by atoms with van der Waals surface area (Å²) in [6.45, 7) is 15.5. The number of carbonyl (C=O) groups excluding carboxylic acids is 9. The standard InChI is InChI=1S/C48H75N7O12/c1-11-26(6)36(57)24-31(16-20-37(49)58)42(60)53-40-29(9)67-48(66)39(27(7)12-2)52-44(62)35(23-30-14-17-32(56)18-15-30)54(10)47(65)41(28(8)13-3)55-38(59)21-19-33(46(55)64)50-43(61)34(22-25(4)5)51-45(40)63/h14-15,17-18,25-29,31,33-35,38-41,56,59H,11-13,16,19-24H2,1-10H3,(H2,49,58)(H,50,61)(H,51,63)(H,52,62)(H,53,60)/t26?,27?,28?,29-,31-,33?,34+,35+,38+,39+,40+,41+/m1/s1. The highest BCUT2D eigenvalue weighted by atomic mass is 16.5. The van der Waals surface area contributed by atoms with E-state index in [9.17, 15) is 53.4 Å². The van der Waals surface area contributed by atoms with Crippen molar-refractivity contribution in [1.82, 2.24) is 31.1 Å². The number of aromatic hydroxyl groups is 1. The monoisotopic (exact) mass is 942 g/mol. The van der Waals surface area contributed by atoms with E-state index in [2.05, 4.69) is 21.3 Å². The number of likely N-dealkylation sites (N-methyl/N-ethyl adjacent to an activating group) is 1. The lowest BCUT2D eigenvalue weighted by Crippen LogP contribution is -2.66. The van der Waals surface area contributed by atoms with Gasteiger partial charge < -0.3 is 51.8 Å². The highest BCUT2D eigenvalue weighted by molar-refractivity contribution is 5.98. The lowest BCUT2D eigenvalue weighted by Gasteiger charge is -2.44. The van der Waals surface area contributed by atoms with Crippen LogP contribution in [0.1, 0.15) is 126 Å². The number of carbonyl (C=O) groups is 9. The van der Waals surface area contributed by atoms with E-state index in [1.807, 2.05) is 6.92 Å². The third-order valence-electron chi connectivity index (χ3n) is 13.3. The second-order valence-corrected chi connectivity index (χ2v) is 18.9. The SMILES string of the molecule is CCC(C)C(=O)C[C@@H](CCC(N)=O)C(=O)N[C@@H]1C(=O)N[C@@H](CC(C)C)C(=O)NC2CC[C@H](O)N(C2=O)[C@@H](C(C)CC)C(=O)N(C)[C@@H](Cc2ccc(O)cc2)C(=O)N[C@@H](C(C)CC)C(=O)O[C@@H]1C. The number of nitrogens with one attached hydrogen (secondary N) is 4. The highest BCUT2D eigenvalue weighted by Gasteiger charge is 2.47. The van der Waals surface area contributed by atoms with Gasteiger partial charge in [0.25, 0.3) is 0 Å². The smallest absolute Gasteiger partial charge is 0.329 e. The van der Waals surface area contributed by atoms with Crippen LogP contribution in [-0.4, -0.2) is 129 Å². The number of aliphatic hydroxyl groups is 1. The minimum absolute atomic E-state index is 0.0154. The van der Waals surface area contributed by atoms with Crippen molar-refractivity contribution in [3.8, 4) is 5.75 Å². The minimum Gasteiger partial charge on any atom is -0.508 e. The van der Waals surface area contributed by atoms with Gasteiger partial charge in [-0.1, -0.05) is 80.4 Å². The first kappa shape index (κ1) is 55.7. The van der Waals surface area contributed by atoms with Gasteiger partial charge in [-0.2, -0.15) is 0 Å². The van der Waals surface area contributed by atoms with Crippen LogP contribution in [0.4, 0.5) is 0 Å². The number of phenols is 1. The molecule has 374 valence electrons. The second kappa shape index (κ2) is 25.5. The molecule has 0 saturated carbocycles. The number of ketones is 1. The summed E-state index contributed by atoms with van der Waals surface area (Å²) in [6, 6.07) is -2.31. The molecule has 2 heterocycles. The number of nitrogens with two attached hydrogens (primary N) is 1. The maximum atomic E-state index is 14.9. The van der Waals surface area contributed by atoms with E-state index < -0.39 is 120 Å². The summed E-state index contributed by atoms with van der Waals surface area (Å²) < 4.78 is 5.94. The fourth-order valence-electron chi connectivity index (χ4n) is 8.31. The number of hydrogen-bond donors (Lipinski definition) is 7. The van der Waals surface area contributed by atoms with Gasteiger partial charge in [0.05, 0.1) is 0 Å². The number of hydrogen-bond acceptors (Lipinski definition) is 12. The number of aliphatic hydroxyl groups excluding tert-OH is 1. The molecule has 8 N–H and O–H groups in total. The average molecular weight is 942 g/mol. The number of benzene rings is 1. The molecule has 19 nitrogen and oxygen atoms in total. The summed E-state index contributed by atoms with van der Waals surface area (Å²) in [5, 5.41) is 32.3. The van der Waals surface area contributed by atoms with Crippen molar-refractivity contribution in [2.24, 2.45) is 35.3 Å². The van der Waals surface area contributed by atoms with Gasteiger partial charge in [-0.3, -0.25) is 38.4 Å². The zero-order valence-corrected chi connectivity index (χ0v) is 40.8. The fourth-order valence-corrected chi connectivity index (χ4v) is 8.31. The number of primary amides is 1. The summed E-state index contributed by atoms with van der Waals surface area (Å²) in [7, 11) is 1.39. The number of piperidine rings is 1. The molecule has 0 spiro atoms. The summed E-state index contributed by atoms with van der Waals surface area (Å²) in [6.07, 6.45) is -2.49. The molecule has 19 heteroatoms. The van der Waals surface area contributed by atoms with E-state index >= 15 is 0 Å². The number of fused-ring (bicyclic) bond motifs is 2. The van der Waals surface area contributed by atoms with E-state index in [1.165, 1.54) is 31.0 Å². The summed E-state index contributed by atoms with van der Waals surface area (Å²) in [5.74, 6) is -9.67. The van der Waals surface area contributed by atoms with Crippen LogP contribution in [0.5, 0.6) is 5.75 Å². The molecule has 7 amide bonds. The van der Waals surface area contributed by atoms with Gasteiger partial charge in [0.1, 0.15) is 60.1 Å². The molecule has 0 aromatic heterocycles. The van der Waals surface area contributed by atoms with Gasteiger partial charge in [0.15, 0.2) is 0 Å². The van der Waals surface area contributed by atoms with Gasteiger partial charge in [-0.05, 0) is 74.5 Å². The first-order chi connectivity index (χ1) is 31.4. The van der Waals surface area contributed by atoms with Crippen LogP contribution in [-0.2, 0) is 54.3 Å². The van der Waals surface area contributed by atoms with Crippen molar-refractivity contribution < 1.29 is 58.1 Å². The molecule has 2 aliphatic heterocycles. The van der Waals surface area contributed by atoms with Crippen molar-refractivity contribution in [3.63, 3.8) is 0 Å². The zero-order valence-electron chi connectivity index (χ0n) is 40.8. The Hall–Kier alpha value is -5.59. The Morgan fingerprint density at radius 2 is 1.48 bits per heavy atom. The number of esters is 1. The largest absolute Gasteiger partial charge is 0.508 e. The predicted octanol–water partition coefficient (Wildman–Crippen LogP) is 1.98. The highest BCUT2D eigenvalue weighted by Crippen LogP contribution is 2.28. The van der Waals surface area contributed by atoms with Crippen LogP contribution in [0.25, 0.3) is 0 Å². The summed E-state index contributed by atoms with van der Waals surface area (Å²) in [5.41, 5.74) is 5.96. The molecular weight excluding hydrogens is 867 g/mol. The quantitative estimate of drug-likeness (QED) is 0.111. The van der Waals surface area contributed by atoms with Gasteiger partial charge in [0, 0.05) is 38.1 Å². The Balaban J connectivity index is 2.27. The summed E-state index contributed by atoms with van der Waals surface area (Å²) in [4.78, 5) is 129. The normalized spacial score (nSPS) is 26.7. The fraction of sp³-hybridized carbons (Fsp3) is 0.688. The van der Waals surface area contributed by atoms with E-state index in [0.717, 1.165) is 4.90 Å². The van der Waals surface area contributed by atoms with Crippen LogP contribution in [0.2, 0.25) is 0 Å². The van der Waals surface area contributed by atoms with Gasteiger partial charge in [-0.25, -0.2) is 4.79 Å². The minimum atomic E-state index is -1.70. The molecule has 3 rings (SSSR count). The first-order valence-corrected chi connectivity index (χ1v) is 23.7. The van der Waals surface area contributed by atoms with Crippen LogP contribution >= 0.6 is 0 Å². The van der Waals surface area contributed by atoms with E-state index in [1.54, 1.807) is 60.6 Å². The summed E-state index contributed by atoms with van der Waals surface area (Å²) >= 11 is 0. The number of cyclic esters (lactones) is 1. The molecule has 0 radical (unpaired) electrons. The Bertz CT molecular complexity index is 1930. The van der Waals surface area contributed by atoms with E-state index in [4.69, 9.17) is 10.5 Å². The number of Topliss-reactive ketones (excluding diaryl/α,β-unsaturated/α-hetero) is 1. The van der Waals surface area contributed by atoms with Crippen molar-refractivity contribution >= 4 is 53.1 Å². The molecule has 1 aromatic rings. The Morgan fingerprint density at radius 3 is 2.04 bits per heavy atom. The van der Waals surface area contributed by atoms with E-state index in [-0.39, 0.29) is 62.4 Å². The number of phenolic OH excluding ortho intramolecular Hbond substituents is 1. The first-order valence-electron chi connectivity index (χ1n) is 23.7. The molecule has 12 atom stereocenters.